The Morgan fingerprint density at radius 2 is 2.06 bits per heavy atom. The third-order valence-corrected chi connectivity index (χ3v) is 5.13. The second-order valence-corrected chi connectivity index (χ2v) is 7.24. The molecule has 3 aromatic rings. The van der Waals surface area contributed by atoms with Crippen LogP contribution in [0.4, 0.5) is 5.82 Å². The van der Waals surface area contributed by atoms with Crippen molar-refractivity contribution in [2.45, 2.75) is 19.9 Å². The summed E-state index contributed by atoms with van der Waals surface area (Å²) in [5.41, 5.74) is 1.03. The second-order valence-electron chi connectivity index (χ2n) is 7.24. The van der Waals surface area contributed by atoms with Crippen molar-refractivity contribution in [1.82, 2.24) is 24.6 Å². The summed E-state index contributed by atoms with van der Waals surface area (Å²) >= 11 is 0. The molecule has 0 aliphatic carbocycles. The number of anilines is 1. The minimum absolute atomic E-state index is 0.256. The number of carbonyl (C=O) groups excluding carboxylic acids is 1. The maximum absolute atomic E-state index is 13.0. The zero-order valence-electron chi connectivity index (χ0n) is 17.5. The summed E-state index contributed by atoms with van der Waals surface area (Å²) in [6.07, 6.45) is 1.40. The van der Waals surface area contributed by atoms with E-state index in [-0.39, 0.29) is 11.4 Å². The van der Waals surface area contributed by atoms with E-state index in [4.69, 9.17) is 9.47 Å². The molecule has 1 aromatic carbocycles. The molecule has 0 bridgehead atoms. The number of amides is 1. The van der Waals surface area contributed by atoms with Gasteiger partial charge in [0.1, 0.15) is 17.1 Å². The molecule has 4 rings (SSSR count). The van der Waals surface area contributed by atoms with Crippen molar-refractivity contribution in [3.8, 4) is 17.1 Å². The summed E-state index contributed by atoms with van der Waals surface area (Å²) in [5, 5.41) is 7.00. The second kappa shape index (κ2) is 9.71. The number of morpholine rings is 1. The standard InChI is InChI=1S/C21H26N6O4/c1-2-11-31-16-6-4-3-5-15(16)19-23-17-18(21(29)24-19)27(25-20(17)22-14-28)8-7-26-9-12-30-13-10-26/h3-6,14H,2,7-13H2,1H3,(H,22,25,28)(H,23,24,29). The van der Waals surface area contributed by atoms with Crippen molar-refractivity contribution in [3.63, 3.8) is 0 Å². The van der Waals surface area contributed by atoms with E-state index in [9.17, 15) is 9.59 Å². The minimum atomic E-state index is -0.321. The van der Waals surface area contributed by atoms with Gasteiger partial charge in [0.15, 0.2) is 11.3 Å². The van der Waals surface area contributed by atoms with Crippen LogP contribution >= 0.6 is 0 Å². The average Bonchev–Trinajstić information content (AvgIpc) is 3.15. The zero-order valence-corrected chi connectivity index (χ0v) is 17.5. The van der Waals surface area contributed by atoms with Crippen molar-refractivity contribution in [2.75, 3.05) is 44.8 Å². The van der Waals surface area contributed by atoms with Crippen LogP contribution in [0.25, 0.3) is 22.4 Å². The van der Waals surface area contributed by atoms with Gasteiger partial charge in [-0.05, 0) is 18.6 Å². The Balaban J connectivity index is 1.72. The molecule has 10 heteroatoms. The van der Waals surface area contributed by atoms with E-state index < -0.39 is 0 Å². The number of nitrogens with zero attached hydrogens (tertiary/aromatic N) is 4. The van der Waals surface area contributed by atoms with E-state index in [2.05, 4.69) is 25.3 Å². The third kappa shape index (κ3) is 4.59. The van der Waals surface area contributed by atoms with E-state index in [1.807, 2.05) is 31.2 Å². The number of rotatable bonds is 9. The minimum Gasteiger partial charge on any atom is -0.493 e. The fourth-order valence-electron chi connectivity index (χ4n) is 3.59. The van der Waals surface area contributed by atoms with Gasteiger partial charge in [-0.1, -0.05) is 19.1 Å². The highest BCUT2D eigenvalue weighted by atomic mass is 16.5. The number of aromatic nitrogens is 4. The SMILES string of the molecule is CCCOc1ccccc1-c1nc2c(NC=O)nn(CCN3CCOCC3)c2c(=O)[nH]1. The summed E-state index contributed by atoms with van der Waals surface area (Å²) in [6.45, 7) is 6.87. The van der Waals surface area contributed by atoms with Crippen LogP contribution in [-0.4, -0.2) is 70.5 Å². The Kier molecular flexibility index (Phi) is 6.58. The van der Waals surface area contributed by atoms with Crippen molar-refractivity contribution in [2.24, 2.45) is 0 Å². The molecule has 0 saturated carbocycles. The first-order valence-corrected chi connectivity index (χ1v) is 10.4. The largest absolute Gasteiger partial charge is 0.493 e. The fraction of sp³-hybridized carbons (Fsp3) is 0.429. The lowest BCUT2D eigenvalue weighted by Gasteiger charge is -2.26. The number of hydrogen-bond acceptors (Lipinski definition) is 7. The highest BCUT2D eigenvalue weighted by Gasteiger charge is 2.19. The number of ether oxygens (including phenoxy) is 2. The lowest BCUT2D eigenvalue weighted by atomic mass is 10.2. The third-order valence-electron chi connectivity index (χ3n) is 5.13. The molecular formula is C21H26N6O4. The van der Waals surface area contributed by atoms with Crippen LogP contribution in [0, 0.1) is 0 Å². The molecule has 1 fully saturated rings. The summed E-state index contributed by atoms with van der Waals surface area (Å²) in [6, 6.07) is 7.40. The van der Waals surface area contributed by atoms with Crippen LogP contribution in [0.2, 0.25) is 0 Å². The number of fused-ring (bicyclic) bond motifs is 1. The Morgan fingerprint density at radius 1 is 1.26 bits per heavy atom. The van der Waals surface area contributed by atoms with Gasteiger partial charge < -0.3 is 19.8 Å². The first kappa shape index (κ1) is 21.0. The fourth-order valence-corrected chi connectivity index (χ4v) is 3.59. The van der Waals surface area contributed by atoms with Crippen LogP contribution in [0.3, 0.4) is 0 Å². The zero-order chi connectivity index (χ0) is 21.6. The van der Waals surface area contributed by atoms with Crippen molar-refractivity contribution in [1.29, 1.82) is 0 Å². The number of benzene rings is 1. The van der Waals surface area contributed by atoms with Gasteiger partial charge in [0.2, 0.25) is 6.41 Å². The Bertz CT molecular complexity index is 1100. The Labute approximate surface area is 179 Å². The molecule has 31 heavy (non-hydrogen) atoms. The molecule has 2 aromatic heterocycles. The summed E-state index contributed by atoms with van der Waals surface area (Å²) in [5.74, 6) is 1.26. The van der Waals surface area contributed by atoms with E-state index in [1.54, 1.807) is 4.68 Å². The summed E-state index contributed by atoms with van der Waals surface area (Å²) < 4.78 is 12.8. The lowest BCUT2D eigenvalue weighted by Crippen LogP contribution is -2.38. The smallest absolute Gasteiger partial charge is 0.277 e. The number of hydrogen-bond donors (Lipinski definition) is 2. The topological polar surface area (TPSA) is 114 Å². The van der Waals surface area contributed by atoms with Crippen molar-refractivity contribution in [3.05, 3.63) is 34.6 Å². The van der Waals surface area contributed by atoms with Gasteiger partial charge >= 0.3 is 0 Å². The van der Waals surface area contributed by atoms with Crippen LogP contribution in [0.5, 0.6) is 5.75 Å². The Hall–Kier alpha value is -3.24. The van der Waals surface area contributed by atoms with E-state index in [0.29, 0.717) is 60.9 Å². The van der Waals surface area contributed by atoms with Gasteiger partial charge in [-0.3, -0.25) is 19.2 Å². The molecule has 0 radical (unpaired) electrons. The molecule has 10 nitrogen and oxygen atoms in total. The Morgan fingerprint density at radius 3 is 2.84 bits per heavy atom. The molecule has 1 amide bonds. The van der Waals surface area contributed by atoms with Gasteiger partial charge in [0.05, 0.1) is 31.9 Å². The van der Waals surface area contributed by atoms with Gasteiger partial charge in [-0.15, -0.1) is 0 Å². The van der Waals surface area contributed by atoms with E-state index in [0.717, 1.165) is 26.1 Å². The molecule has 164 valence electrons. The molecule has 0 unspecified atom stereocenters. The molecule has 2 N–H and O–H groups in total. The van der Waals surface area contributed by atoms with Crippen LogP contribution in [0.15, 0.2) is 29.1 Å². The summed E-state index contributed by atoms with van der Waals surface area (Å²) in [7, 11) is 0. The summed E-state index contributed by atoms with van der Waals surface area (Å²) in [4.78, 5) is 33.9. The quantitative estimate of drug-likeness (QED) is 0.498. The van der Waals surface area contributed by atoms with Gasteiger partial charge in [0, 0.05) is 19.6 Å². The molecule has 1 aliphatic heterocycles. The number of para-hydroxylation sites is 1. The maximum atomic E-state index is 13.0. The van der Waals surface area contributed by atoms with Gasteiger partial charge in [-0.25, -0.2) is 4.98 Å². The van der Waals surface area contributed by atoms with Gasteiger partial charge in [-0.2, -0.15) is 5.10 Å². The number of aromatic amines is 1. The monoisotopic (exact) mass is 426 g/mol. The lowest BCUT2D eigenvalue weighted by molar-refractivity contribution is -0.105. The highest BCUT2D eigenvalue weighted by Crippen LogP contribution is 2.28. The molecule has 1 aliphatic rings. The average molecular weight is 426 g/mol. The first-order valence-electron chi connectivity index (χ1n) is 10.4. The van der Waals surface area contributed by atoms with E-state index in [1.165, 1.54) is 0 Å². The maximum Gasteiger partial charge on any atom is 0.277 e. The van der Waals surface area contributed by atoms with Crippen LogP contribution < -0.4 is 15.6 Å². The first-order chi connectivity index (χ1) is 15.2. The molecule has 3 heterocycles. The number of carbonyl (C=O) groups is 1. The van der Waals surface area contributed by atoms with Gasteiger partial charge in [0.25, 0.3) is 5.56 Å². The van der Waals surface area contributed by atoms with Crippen molar-refractivity contribution < 1.29 is 14.3 Å². The van der Waals surface area contributed by atoms with Crippen LogP contribution in [0.1, 0.15) is 13.3 Å². The molecule has 1 saturated heterocycles. The number of nitrogens with one attached hydrogen (secondary N) is 2. The predicted octanol–water partition coefficient (Wildman–Crippen LogP) is 1.48. The van der Waals surface area contributed by atoms with E-state index >= 15 is 0 Å². The predicted molar refractivity (Wildman–Crippen MR) is 116 cm³/mol. The molecular weight excluding hydrogens is 400 g/mol. The highest BCUT2D eigenvalue weighted by molar-refractivity contribution is 5.91. The molecule has 0 atom stereocenters. The number of H-pyrrole nitrogens is 1. The normalized spacial score (nSPS) is 14.6. The molecule has 0 spiro atoms. The van der Waals surface area contributed by atoms with Crippen LogP contribution in [-0.2, 0) is 16.1 Å². The van der Waals surface area contributed by atoms with Crippen molar-refractivity contribution >= 4 is 23.3 Å².